The van der Waals surface area contributed by atoms with Gasteiger partial charge in [0.25, 0.3) is 0 Å². The van der Waals surface area contributed by atoms with E-state index in [-0.39, 0.29) is 5.75 Å². The van der Waals surface area contributed by atoms with Crippen LogP contribution in [0.15, 0.2) is 45.9 Å². The van der Waals surface area contributed by atoms with Crippen molar-refractivity contribution in [2.24, 2.45) is 4.99 Å². The van der Waals surface area contributed by atoms with E-state index in [1.165, 1.54) is 5.56 Å². The second-order valence-electron chi connectivity index (χ2n) is 4.28. The largest absolute Gasteiger partial charge is 0.506 e. The summed E-state index contributed by atoms with van der Waals surface area (Å²) in [7, 11) is 0. The Morgan fingerprint density at radius 3 is 2.61 bits per heavy atom. The second kappa shape index (κ2) is 5.36. The number of halogens is 1. The summed E-state index contributed by atoms with van der Waals surface area (Å²) >= 11 is 3.32. The van der Waals surface area contributed by atoms with Crippen molar-refractivity contribution in [3.63, 3.8) is 0 Å². The van der Waals surface area contributed by atoms with E-state index >= 15 is 0 Å². The first-order valence-electron chi connectivity index (χ1n) is 5.66. The molecule has 0 heterocycles. The van der Waals surface area contributed by atoms with Crippen molar-refractivity contribution < 1.29 is 5.11 Å². The van der Waals surface area contributed by atoms with E-state index in [0.717, 1.165) is 11.3 Å². The van der Waals surface area contributed by atoms with E-state index in [0.29, 0.717) is 10.0 Å². The quantitative estimate of drug-likeness (QED) is 0.813. The Balaban J connectivity index is 2.34. The second-order valence-corrected chi connectivity index (χ2v) is 5.14. The van der Waals surface area contributed by atoms with Crippen LogP contribution in [-0.4, -0.2) is 11.3 Å². The fourth-order valence-electron chi connectivity index (χ4n) is 1.71. The standard InChI is InChI=1S/C15H14BrNO/c1-10-4-3-5-13(7-10)17-9-12-6-11(2)8-14(16)15(12)18/h3-9,18H,1-2H3. The average molecular weight is 304 g/mol. The summed E-state index contributed by atoms with van der Waals surface area (Å²) in [6.45, 7) is 4.01. The Bertz CT molecular complexity index is 605. The maximum atomic E-state index is 9.92. The average Bonchev–Trinajstić information content (AvgIpc) is 2.32. The molecule has 0 saturated carbocycles. The number of aryl methyl sites for hydroxylation is 2. The minimum Gasteiger partial charge on any atom is -0.506 e. The fraction of sp³-hybridized carbons (Fsp3) is 0.133. The highest BCUT2D eigenvalue weighted by Crippen LogP contribution is 2.28. The molecule has 2 aromatic rings. The SMILES string of the molecule is Cc1cccc(N=Cc2cc(C)cc(Br)c2O)c1. The molecule has 0 radical (unpaired) electrons. The van der Waals surface area contributed by atoms with Crippen molar-refractivity contribution in [2.45, 2.75) is 13.8 Å². The molecule has 0 aliphatic rings. The lowest BCUT2D eigenvalue weighted by atomic mass is 10.1. The van der Waals surface area contributed by atoms with Crippen LogP contribution in [0.1, 0.15) is 16.7 Å². The smallest absolute Gasteiger partial charge is 0.138 e. The minimum absolute atomic E-state index is 0.219. The lowest BCUT2D eigenvalue weighted by Gasteiger charge is -2.03. The van der Waals surface area contributed by atoms with Crippen LogP contribution >= 0.6 is 15.9 Å². The molecule has 2 nitrogen and oxygen atoms in total. The predicted octanol–water partition coefficient (Wildman–Crippen LogP) is 4.52. The van der Waals surface area contributed by atoms with Gasteiger partial charge in [-0.2, -0.15) is 0 Å². The third kappa shape index (κ3) is 2.99. The van der Waals surface area contributed by atoms with Crippen LogP contribution < -0.4 is 0 Å². The van der Waals surface area contributed by atoms with Crippen LogP contribution in [0.3, 0.4) is 0 Å². The third-order valence-electron chi connectivity index (χ3n) is 2.59. The van der Waals surface area contributed by atoms with Crippen molar-refractivity contribution in [2.75, 3.05) is 0 Å². The molecule has 0 fully saturated rings. The van der Waals surface area contributed by atoms with Crippen LogP contribution in [-0.2, 0) is 0 Å². The molecule has 0 amide bonds. The summed E-state index contributed by atoms with van der Waals surface area (Å²) < 4.78 is 0.688. The molecule has 0 bridgehead atoms. The van der Waals surface area contributed by atoms with Gasteiger partial charge in [0.15, 0.2) is 0 Å². The van der Waals surface area contributed by atoms with Crippen molar-refractivity contribution in [1.82, 2.24) is 0 Å². The molecular formula is C15H14BrNO. The van der Waals surface area contributed by atoms with Gasteiger partial charge < -0.3 is 5.11 Å². The van der Waals surface area contributed by atoms with Crippen molar-refractivity contribution in [1.29, 1.82) is 0 Å². The first-order chi connectivity index (χ1) is 8.56. The molecule has 0 aliphatic heterocycles. The van der Waals surface area contributed by atoms with Gasteiger partial charge in [0, 0.05) is 11.8 Å². The van der Waals surface area contributed by atoms with E-state index in [4.69, 9.17) is 0 Å². The fourth-order valence-corrected chi connectivity index (χ4v) is 2.30. The van der Waals surface area contributed by atoms with E-state index in [9.17, 15) is 5.11 Å². The molecule has 1 N–H and O–H groups in total. The Labute approximate surface area is 115 Å². The highest BCUT2D eigenvalue weighted by Gasteiger charge is 2.04. The number of rotatable bonds is 2. The van der Waals surface area contributed by atoms with E-state index in [1.807, 2.05) is 50.2 Å². The molecule has 2 aromatic carbocycles. The lowest BCUT2D eigenvalue weighted by molar-refractivity contribution is 0.471. The van der Waals surface area contributed by atoms with Crippen molar-refractivity contribution >= 4 is 27.8 Å². The van der Waals surface area contributed by atoms with Gasteiger partial charge in [-0.1, -0.05) is 12.1 Å². The summed E-state index contributed by atoms with van der Waals surface area (Å²) in [5, 5.41) is 9.92. The van der Waals surface area contributed by atoms with Gasteiger partial charge in [-0.15, -0.1) is 0 Å². The maximum Gasteiger partial charge on any atom is 0.138 e. The first-order valence-corrected chi connectivity index (χ1v) is 6.45. The maximum absolute atomic E-state index is 9.92. The number of nitrogens with zero attached hydrogens (tertiary/aromatic N) is 1. The van der Waals surface area contributed by atoms with E-state index in [1.54, 1.807) is 6.21 Å². The zero-order valence-electron chi connectivity index (χ0n) is 10.3. The zero-order valence-corrected chi connectivity index (χ0v) is 11.9. The first kappa shape index (κ1) is 12.8. The van der Waals surface area contributed by atoms with Gasteiger partial charge >= 0.3 is 0 Å². The van der Waals surface area contributed by atoms with Gasteiger partial charge in [0.2, 0.25) is 0 Å². The van der Waals surface area contributed by atoms with Crippen molar-refractivity contribution in [3.05, 3.63) is 57.6 Å². The predicted molar refractivity (Wildman–Crippen MR) is 79.0 cm³/mol. The van der Waals surface area contributed by atoms with Gasteiger partial charge in [-0.25, -0.2) is 0 Å². The number of benzene rings is 2. The summed E-state index contributed by atoms with van der Waals surface area (Å²) in [5.74, 6) is 0.219. The van der Waals surface area contributed by atoms with Crippen LogP contribution in [0.25, 0.3) is 0 Å². The highest BCUT2D eigenvalue weighted by atomic mass is 79.9. The van der Waals surface area contributed by atoms with E-state index < -0.39 is 0 Å². The van der Waals surface area contributed by atoms with Gasteiger partial charge in [0.05, 0.1) is 10.2 Å². The van der Waals surface area contributed by atoms with Gasteiger partial charge in [0.1, 0.15) is 5.75 Å². The molecule has 0 aliphatic carbocycles. The summed E-state index contributed by atoms with van der Waals surface area (Å²) in [5.41, 5.74) is 3.83. The molecule has 3 heteroatoms. The number of hydrogen-bond acceptors (Lipinski definition) is 2. The van der Waals surface area contributed by atoms with Gasteiger partial charge in [-0.3, -0.25) is 4.99 Å². The molecule has 0 spiro atoms. The number of phenols is 1. The molecule has 0 atom stereocenters. The zero-order chi connectivity index (χ0) is 13.1. The van der Waals surface area contributed by atoms with Crippen LogP contribution in [0.2, 0.25) is 0 Å². The molecule has 2 rings (SSSR count). The highest BCUT2D eigenvalue weighted by molar-refractivity contribution is 9.10. The molecule has 0 unspecified atom stereocenters. The molecule has 18 heavy (non-hydrogen) atoms. The monoisotopic (exact) mass is 303 g/mol. The Morgan fingerprint density at radius 1 is 1.11 bits per heavy atom. The van der Waals surface area contributed by atoms with E-state index in [2.05, 4.69) is 20.9 Å². The molecule has 0 saturated heterocycles. The summed E-state index contributed by atoms with van der Waals surface area (Å²) in [4.78, 5) is 4.37. The number of aliphatic imine (C=N–C) groups is 1. The molecule has 92 valence electrons. The van der Waals surface area contributed by atoms with Crippen LogP contribution in [0.4, 0.5) is 5.69 Å². The molecule has 0 aromatic heterocycles. The lowest BCUT2D eigenvalue weighted by Crippen LogP contribution is -1.86. The summed E-state index contributed by atoms with van der Waals surface area (Å²) in [6.07, 6.45) is 1.68. The normalized spacial score (nSPS) is 11.1. The van der Waals surface area contributed by atoms with Gasteiger partial charge in [-0.05, 0) is 65.2 Å². The minimum atomic E-state index is 0.219. The third-order valence-corrected chi connectivity index (χ3v) is 3.20. The number of hydrogen-bond donors (Lipinski definition) is 1. The topological polar surface area (TPSA) is 32.6 Å². The number of aromatic hydroxyl groups is 1. The Morgan fingerprint density at radius 2 is 1.89 bits per heavy atom. The Hall–Kier alpha value is -1.61. The van der Waals surface area contributed by atoms with Crippen molar-refractivity contribution in [3.8, 4) is 5.75 Å². The van der Waals surface area contributed by atoms with Crippen LogP contribution in [0.5, 0.6) is 5.75 Å². The number of phenolic OH excluding ortho intramolecular Hbond substituents is 1. The Kier molecular flexibility index (Phi) is 3.82. The molecular weight excluding hydrogens is 290 g/mol. The van der Waals surface area contributed by atoms with Crippen LogP contribution in [0, 0.1) is 13.8 Å². The summed E-state index contributed by atoms with van der Waals surface area (Å²) in [6, 6.07) is 11.7.